The van der Waals surface area contributed by atoms with Crippen molar-refractivity contribution in [2.75, 3.05) is 170 Å². The van der Waals surface area contributed by atoms with Crippen LogP contribution in [0.3, 0.4) is 0 Å². The van der Waals surface area contributed by atoms with Crippen LogP contribution in [0, 0.1) is 30.4 Å². The van der Waals surface area contributed by atoms with Crippen molar-refractivity contribution in [3.05, 3.63) is 96.1 Å². The second kappa shape index (κ2) is 73.9. The lowest BCUT2D eigenvalue weighted by Crippen LogP contribution is -2.36. The second-order valence-electron chi connectivity index (χ2n) is 30.4. The van der Waals surface area contributed by atoms with E-state index in [-0.39, 0.29) is 144 Å². The molecule has 37 nitrogen and oxygen atoms in total. The number of hydroxylamine groups is 2. The Bertz CT molecular complexity index is 3970. The van der Waals surface area contributed by atoms with Crippen LogP contribution in [0.25, 0.3) is 0 Å². The number of nitrogens with zero attached hydrogens (tertiary/aromatic N) is 3. The van der Waals surface area contributed by atoms with Gasteiger partial charge in [-0.05, 0) is 145 Å². The molecular weight excluding hydrogens is 2020 g/mol. The van der Waals surface area contributed by atoms with Crippen LogP contribution in [0.2, 0.25) is 0 Å². The quantitative estimate of drug-likeness (QED) is 0.00344. The third-order valence-corrected chi connectivity index (χ3v) is 24.0. The van der Waals surface area contributed by atoms with Gasteiger partial charge in [0.15, 0.2) is 11.6 Å². The molecule has 3 radical (unpaired) electrons. The monoisotopic (exact) mass is 2150 g/mol. The van der Waals surface area contributed by atoms with Gasteiger partial charge in [0.2, 0.25) is 58.7 Å². The Labute approximate surface area is 819 Å². The Morgan fingerprint density at radius 2 is 0.791 bits per heavy atom. The predicted molar refractivity (Wildman–Crippen MR) is 515 cm³/mol. The molecule has 5 aliphatic rings. The topological polar surface area (TPSA) is 495 Å². The number of hydrogen-bond donors (Lipinski definition) is 12. The van der Waals surface area contributed by atoms with Crippen LogP contribution in [0.4, 0.5) is 27.2 Å². The number of hydrogen-bond acceptors (Lipinski definition) is 26. The van der Waals surface area contributed by atoms with Crippen LogP contribution < -0.4 is 69.4 Å². The molecule has 14 amide bonds. The molecule has 134 heavy (non-hydrogen) atoms. The molecular formula is C88H135BF4I2N15O22S2. The van der Waals surface area contributed by atoms with Gasteiger partial charge in [0.05, 0.1) is 115 Å². The number of nitrogens with one attached hydrogen (secondary N) is 10. The van der Waals surface area contributed by atoms with E-state index in [1.807, 2.05) is 63.4 Å². The number of benzene rings is 3. The van der Waals surface area contributed by atoms with Gasteiger partial charge in [-0.2, -0.15) is 32.3 Å². The van der Waals surface area contributed by atoms with E-state index in [9.17, 15) is 84.7 Å². The number of thioether (sulfide) groups is 2. The molecule has 3 aromatic rings. The van der Waals surface area contributed by atoms with Crippen LogP contribution >= 0.6 is 68.7 Å². The first-order valence-corrected chi connectivity index (χ1v) is 49.1. The highest BCUT2D eigenvalue weighted by atomic mass is 125. The predicted octanol–water partition coefficient (Wildman–Crippen LogP) is 6.21. The van der Waals surface area contributed by atoms with Crippen molar-refractivity contribution < 1.29 is 123 Å². The van der Waals surface area contributed by atoms with Crippen molar-refractivity contribution in [3.8, 4) is 5.75 Å². The number of ether oxygens (including phenoxy) is 7. The summed E-state index contributed by atoms with van der Waals surface area (Å²) in [7, 11) is 3.53. The molecule has 6 unspecified atom stereocenters. The first kappa shape index (κ1) is 122. The van der Waals surface area contributed by atoms with Gasteiger partial charge < -0.3 is 112 Å². The normalized spacial score (nSPS) is 16.2. The summed E-state index contributed by atoms with van der Waals surface area (Å²) in [5.74, 6) is -9.11. The lowest BCUT2D eigenvalue weighted by atomic mass is 10.0. The van der Waals surface area contributed by atoms with E-state index in [1.165, 1.54) is 0 Å². The van der Waals surface area contributed by atoms with E-state index in [1.54, 1.807) is 60.3 Å². The van der Waals surface area contributed by atoms with Crippen molar-refractivity contribution >= 4 is 160 Å². The zero-order chi connectivity index (χ0) is 98.1. The molecule has 3 aromatic carbocycles. The van der Waals surface area contributed by atoms with Crippen molar-refractivity contribution in [2.45, 2.75) is 191 Å². The fraction of sp³-hybridized carbons (Fsp3) is 0.636. The molecule has 0 aromatic heterocycles. The number of halogens is 6. The summed E-state index contributed by atoms with van der Waals surface area (Å²) in [5, 5.41) is 29.5. The number of rotatable bonds is 56. The van der Waals surface area contributed by atoms with E-state index in [0.717, 1.165) is 82.9 Å². The van der Waals surface area contributed by atoms with Gasteiger partial charge in [-0.1, -0.05) is 40.5 Å². The summed E-state index contributed by atoms with van der Waals surface area (Å²) in [6.45, 7) is 16.4. The maximum Gasteiger partial charge on any atom is 0.363 e. The lowest BCUT2D eigenvalue weighted by molar-refractivity contribution is -0.172. The van der Waals surface area contributed by atoms with Gasteiger partial charge in [-0.25, -0.2) is 23.2 Å². The molecule has 8 rings (SSSR count). The van der Waals surface area contributed by atoms with Crippen LogP contribution in [0.5, 0.6) is 5.75 Å². The molecule has 6 atom stereocenters. The largest absolute Gasteiger partial charge is 0.420 e. The average molecular weight is 2160 g/mol. The number of amides is 14. The third-order valence-electron chi connectivity index (χ3n) is 19.5. The fourth-order valence-electron chi connectivity index (χ4n) is 12.4. The summed E-state index contributed by atoms with van der Waals surface area (Å²) in [5.41, 5.74) is 11.3. The molecule has 14 N–H and O–H groups in total. The first-order valence-electron chi connectivity index (χ1n) is 44.9. The SMILES string of the molecule is CCCC(=O)NCCN.CCCC(=O)NCCN.CCCC(=O)NCCNC(=O)CCOCCOCCOCCN(C)C(=O)CCCCC1SCC2NC(=O)NC21.CCCC(=O)NCCNC(=O)c1ccc([125I])cc1.CN(CCOCCOCCOCCC(=O)Oc1c(F)c(F)cc(F)c1F)C(=O)CCCCC1SCC2NC(=O)NC21.O=C(ON1C(=O)CCC1=O)c1ccc([125I])cc1.[B]. The maximum absolute atomic E-state index is 13.5. The van der Waals surface area contributed by atoms with E-state index in [2.05, 4.69) is 103 Å². The molecule has 5 heterocycles. The van der Waals surface area contributed by atoms with Crippen molar-refractivity contribution in [1.29, 1.82) is 0 Å². The van der Waals surface area contributed by atoms with Crippen LogP contribution in [0.1, 0.15) is 177 Å². The van der Waals surface area contributed by atoms with E-state index >= 15 is 0 Å². The minimum Gasteiger partial charge on any atom is -0.420 e. The average Bonchev–Trinajstić information content (AvgIpc) is 1.52. The zero-order valence-electron chi connectivity index (χ0n) is 77.4. The molecule has 0 saturated carbocycles. The standard InChI is InChI=1S/C26H35F4N3O7S.C26H47N5O7S.C13H17IN2O2.C11H8INO4.2C6H14N2O.B/c1-33(20(34)5-3-2-4-19-24-18(15-41-19)31-26(36)32-24)7-9-38-11-13-39-12-10-37-8-6-21(35)40-25-22(29)16(27)14-17(28)23(25)30;1-3-6-22(32)27-10-11-28-23(33)9-13-36-15-17-38-18-16-37-14-12-31(2)24(34)8-5-4-7-21-25-20(19-39-21)29-26(35)30-25;1-2-3-12(17)15-8-9-16-13(18)10-4-6-11(14)7-5-10;12-8-3-1-7(2-4-8)11(16)17-13-9(14)5-6-10(13)15;2*1-2-3-6(9)8-5-4-7;/h14,18-19,24H,2-13,15H2,1H3,(H2,31,32,36);20-21,25H,3-19H2,1-2H3,(H,27,32)(H,28,33)(H2,29,30,35);4-7H,2-3,8-9H2,1H3,(H,15,17)(H,16,18);1-4H,5-6H2;2*2-5,7H2,1H3,(H,8,9);/i;;14-2;12-2;;;. The highest BCUT2D eigenvalue weighted by molar-refractivity contribution is 14.1. The van der Waals surface area contributed by atoms with Crippen molar-refractivity contribution in [3.63, 3.8) is 0 Å². The molecule has 5 aliphatic heterocycles. The first-order chi connectivity index (χ1) is 63.9. The Morgan fingerprint density at radius 3 is 1.17 bits per heavy atom. The minimum absolute atomic E-state index is 0. The molecule has 751 valence electrons. The zero-order valence-corrected chi connectivity index (χ0v) is 83.4. The number of urea groups is 2. The Morgan fingerprint density at radius 1 is 0.448 bits per heavy atom. The Balaban J connectivity index is 0.000000594. The van der Waals surface area contributed by atoms with Crippen molar-refractivity contribution in [2.24, 2.45) is 11.5 Å². The van der Waals surface area contributed by atoms with Gasteiger partial charge in [0.25, 0.3) is 17.7 Å². The number of unbranched alkanes of at least 4 members (excludes halogenated alkanes) is 2. The summed E-state index contributed by atoms with van der Waals surface area (Å²) >= 11 is 8.06. The van der Waals surface area contributed by atoms with Gasteiger partial charge >= 0.3 is 24.0 Å². The van der Waals surface area contributed by atoms with Crippen molar-refractivity contribution in [1.82, 2.24) is 68.0 Å². The van der Waals surface area contributed by atoms with Crippen LogP contribution in [0.15, 0.2) is 54.6 Å². The van der Waals surface area contributed by atoms with Gasteiger partial charge in [0, 0.05) is 187 Å². The smallest absolute Gasteiger partial charge is 0.363 e. The molecule has 0 bridgehead atoms. The summed E-state index contributed by atoms with van der Waals surface area (Å²) < 4.78 is 92.1. The lowest BCUT2D eigenvalue weighted by Gasteiger charge is -2.18. The summed E-state index contributed by atoms with van der Waals surface area (Å²) in [6.07, 6.45) is 12.2. The second-order valence-corrected chi connectivity index (χ2v) is 35.4. The van der Waals surface area contributed by atoms with Gasteiger partial charge in [-0.15, -0.1) is 5.06 Å². The summed E-state index contributed by atoms with van der Waals surface area (Å²) in [6, 6.07) is 14.7. The highest BCUT2D eigenvalue weighted by Crippen LogP contribution is 2.35. The van der Waals surface area contributed by atoms with Crippen LogP contribution in [-0.4, -0.2) is 311 Å². The van der Waals surface area contributed by atoms with Crippen LogP contribution in [-0.2, 0) is 81.2 Å². The number of likely N-dealkylation sites (N-methyl/N-ethyl adjacent to an activating group) is 2. The number of nitrogens with two attached hydrogens (primary N) is 2. The third kappa shape index (κ3) is 53.4. The summed E-state index contributed by atoms with van der Waals surface area (Å²) in [4.78, 5) is 169. The van der Waals surface area contributed by atoms with E-state index in [0.29, 0.717) is 184 Å². The van der Waals surface area contributed by atoms with E-state index in [4.69, 9.17) is 44.7 Å². The maximum atomic E-state index is 13.5. The molecule has 0 spiro atoms. The van der Waals surface area contributed by atoms with Gasteiger partial charge in [0.1, 0.15) is 0 Å². The van der Waals surface area contributed by atoms with E-state index < -0.39 is 59.2 Å². The Kier molecular flexibility index (Phi) is 67.1. The minimum atomic E-state index is -1.80. The molecule has 5 saturated heterocycles. The fourth-order valence-corrected chi connectivity index (χ4v) is 16.2. The molecule has 46 heteroatoms. The molecule has 0 aliphatic carbocycles. The number of esters is 1. The number of carbonyl (C=O) groups excluding carboxylic acids is 14. The highest BCUT2D eigenvalue weighted by Gasteiger charge is 2.44. The number of imide groups is 1. The number of carbonyl (C=O) groups is 14. The number of fused-ring (bicyclic) bond motifs is 2. The van der Waals surface area contributed by atoms with Gasteiger partial charge in [-0.3, -0.25) is 52.7 Å². The molecule has 5 fully saturated rings. The Hall–Kier alpha value is -8.34.